The molecule has 3 heterocycles. The maximum Gasteiger partial charge on any atom is 0.407 e. The van der Waals surface area contributed by atoms with Crippen molar-refractivity contribution in [1.82, 2.24) is 24.6 Å². The number of hydrogen-bond donors (Lipinski definition) is 2. The minimum atomic E-state index is -1.21. The molecule has 0 aliphatic carbocycles. The lowest BCUT2D eigenvalue weighted by atomic mass is 9.74. The van der Waals surface area contributed by atoms with Gasteiger partial charge in [-0.1, -0.05) is 5.21 Å². The average molecular weight is 341 g/mol. The van der Waals surface area contributed by atoms with Crippen LogP contribution in [0.3, 0.4) is 0 Å². The van der Waals surface area contributed by atoms with Crippen molar-refractivity contribution >= 4 is 17.5 Å². The first-order valence-electron chi connectivity index (χ1n) is 7.77. The van der Waals surface area contributed by atoms with Crippen LogP contribution in [-0.4, -0.2) is 53.5 Å². The molecular formula is C14H23N5O3S. The topological polar surface area (TPSA) is 106 Å². The van der Waals surface area contributed by atoms with Crippen molar-refractivity contribution in [3.05, 3.63) is 11.9 Å². The average Bonchev–Trinajstić information content (AvgIpc) is 3.00. The molecule has 8 nitrogen and oxygen atoms in total. The molecule has 128 valence electrons. The Kier molecular flexibility index (Phi) is 4.06. The Hall–Kier alpha value is -1.32. The summed E-state index contributed by atoms with van der Waals surface area (Å²) in [4.78, 5) is 12.6. The van der Waals surface area contributed by atoms with Crippen LogP contribution in [0.4, 0.5) is 4.79 Å². The Morgan fingerprint density at radius 1 is 1.48 bits per heavy atom. The molecule has 1 aromatic heterocycles. The Balaban J connectivity index is 1.83. The zero-order valence-corrected chi connectivity index (χ0v) is 14.5. The maximum atomic E-state index is 12.6. The van der Waals surface area contributed by atoms with Crippen LogP contribution >= 0.6 is 0 Å². The van der Waals surface area contributed by atoms with Gasteiger partial charge >= 0.3 is 6.09 Å². The van der Waals surface area contributed by atoms with Gasteiger partial charge in [-0.2, -0.15) is 0 Å². The molecule has 9 heteroatoms. The molecule has 1 aromatic rings. The predicted octanol–water partition coefficient (Wildman–Crippen LogP) is 1.14. The van der Waals surface area contributed by atoms with Crippen molar-refractivity contribution in [3.8, 4) is 0 Å². The lowest BCUT2D eigenvalue weighted by molar-refractivity contribution is 0.0697. The van der Waals surface area contributed by atoms with Crippen LogP contribution in [0.2, 0.25) is 0 Å². The third kappa shape index (κ3) is 2.92. The molecule has 2 N–H and O–H groups in total. The molecule has 2 atom stereocenters. The van der Waals surface area contributed by atoms with E-state index in [2.05, 4.69) is 15.0 Å². The number of piperidine rings is 1. The zero-order chi connectivity index (χ0) is 16.8. The Bertz CT molecular complexity index is 591. The third-order valence-electron chi connectivity index (χ3n) is 4.83. The fraction of sp³-hybridized carbons (Fsp3) is 0.786. The van der Waals surface area contributed by atoms with Gasteiger partial charge in [0, 0.05) is 29.9 Å². The van der Waals surface area contributed by atoms with Crippen LogP contribution in [0.15, 0.2) is 6.20 Å². The molecule has 1 fully saturated rings. The number of rotatable bonds is 2. The van der Waals surface area contributed by atoms with Gasteiger partial charge in [-0.05, 0) is 33.6 Å². The van der Waals surface area contributed by atoms with Gasteiger partial charge in [0.25, 0.3) is 0 Å². The summed E-state index contributed by atoms with van der Waals surface area (Å²) in [6.45, 7) is 7.47. The molecule has 0 radical (unpaired) electrons. The Morgan fingerprint density at radius 2 is 2.13 bits per heavy atom. The van der Waals surface area contributed by atoms with Crippen molar-refractivity contribution in [2.45, 2.75) is 50.9 Å². The first-order chi connectivity index (χ1) is 10.7. The van der Waals surface area contributed by atoms with Gasteiger partial charge in [0.05, 0.1) is 18.4 Å². The van der Waals surface area contributed by atoms with Crippen molar-refractivity contribution in [2.75, 3.05) is 13.1 Å². The van der Waals surface area contributed by atoms with Crippen LogP contribution in [-0.2, 0) is 17.9 Å². The molecule has 2 aliphatic rings. The van der Waals surface area contributed by atoms with Gasteiger partial charge in [0.2, 0.25) is 0 Å². The van der Waals surface area contributed by atoms with E-state index in [1.807, 2.05) is 25.5 Å². The molecule has 1 amide bonds. The first-order valence-corrected chi connectivity index (χ1v) is 8.92. The Morgan fingerprint density at radius 3 is 2.70 bits per heavy atom. The predicted molar refractivity (Wildman–Crippen MR) is 85.1 cm³/mol. The highest BCUT2D eigenvalue weighted by atomic mass is 32.2. The second-order valence-corrected chi connectivity index (χ2v) is 9.38. The normalized spacial score (nSPS) is 24.7. The summed E-state index contributed by atoms with van der Waals surface area (Å²) in [5, 5.41) is 17.2. The second kappa shape index (κ2) is 5.64. The summed E-state index contributed by atoms with van der Waals surface area (Å²) in [6, 6.07) is -0.117. The smallest absolute Gasteiger partial charge is 0.407 e. The van der Waals surface area contributed by atoms with E-state index in [0.29, 0.717) is 19.6 Å². The number of nitrogens with one attached hydrogen (secondary N) is 1. The van der Waals surface area contributed by atoms with Gasteiger partial charge in [0.15, 0.2) is 0 Å². The SMILES string of the molecule is CC(C)(C)[S@@+]([O-])N[C@@H]1c2cnnn2CC12CCN(C(=O)O)CC2. The van der Waals surface area contributed by atoms with Crippen molar-refractivity contribution in [3.63, 3.8) is 0 Å². The number of aromatic nitrogens is 3. The summed E-state index contributed by atoms with van der Waals surface area (Å²) in [7, 11) is 0. The van der Waals surface area contributed by atoms with E-state index in [4.69, 9.17) is 5.11 Å². The highest BCUT2D eigenvalue weighted by Crippen LogP contribution is 2.49. The van der Waals surface area contributed by atoms with Crippen LogP contribution in [0.25, 0.3) is 0 Å². The second-order valence-electron chi connectivity index (χ2n) is 7.38. The van der Waals surface area contributed by atoms with E-state index in [9.17, 15) is 9.35 Å². The van der Waals surface area contributed by atoms with Crippen molar-refractivity contribution in [2.24, 2.45) is 5.41 Å². The summed E-state index contributed by atoms with van der Waals surface area (Å²) in [5.74, 6) is 0. The van der Waals surface area contributed by atoms with Gasteiger partial charge in [0.1, 0.15) is 10.8 Å². The number of fused-ring (bicyclic) bond motifs is 1. The Labute approximate surface area is 138 Å². The largest absolute Gasteiger partial charge is 0.598 e. The first kappa shape index (κ1) is 16.5. The molecule has 1 spiro atoms. The lowest BCUT2D eigenvalue weighted by Crippen LogP contribution is -2.50. The van der Waals surface area contributed by atoms with E-state index in [1.165, 1.54) is 4.90 Å². The van der Waals surface area contributed by atoms with E-state index in [1.54, 1.807) is 6.20 Å². The third-order valence-corrected chi connectivity index (χ3v) is 6.39. The summed E-state index contributed by atoms with van der Waals surface area (Å²) < 4.78 is 17.4. The summed E-state index contributed by atoms with van der Waals surface area (Å²) in [5.41, 5.74) is 0.782. The number of nitrogens with zero attached hydrogens (tertiary/aromatic N) is 4. The molecule has 0 saturated carbocycles. The fourth-order valence-corrected chi connectivity index (χ4v) is 4.31. The molecule has 0 bridgehead atoms. The minimum Gasteiger partial charge on any atom is -0.598 e. The van der Waals surface area contributed by atoms with Gasteiger partial charge < -0.3 is 14.6 Å². The molecule has 0 unspecified atom stereocenters. The van der Waals surface area contributed by atoms with Crippen molar-refractivity contribution in [1.29, 1.82) is 0 Å². The molecular weight excluding hydrogens is 318 g/mol. The standard InChI is InChI=1S/C14H23N5O3S/c1-13(2,3)23(22)16-11-10-8-15-17-19(10)9-14(11)4-6-18(7-5-14)12(20)21/h8,11,16H,4-7,9H2,1-3H3,(H,20,21)/t11-,23-/m1/s1. The fourth-order valence-electron chi connectivity index (χ4n) is 3.37. The van der Waals surface area contributed by atoms with E-state index < -0.39 is 17.5 Å². The number of hydrogen-bond acceptors (Lipinski definition) is 5. The zero-order valence-electron chi connectivity index (χ0n) is 13.7. The van der Waals surface area contributed by atoms with Gasteiger partial charge in [-0.3, -0.25) is 0 Å². The maximum absolute atomic E-state index is 12.6. The van der Waals surface area contributed by atoms with Crippen LogP contribution < -0.4 is 4.72 Å². The van der Waals surface area contributed by atoms with E-state index >= 15 is 0 Å². The van der Waals surface area contributed by atoms with Crippen LogP contribution in [0.1, 0.15) is 45.3 Å². The summed E-state index contributed by atoms with van der Waals surface area (Å²) in [6.07, 6.45) is 2.29. The van der Waals surface area contributed by atoms with Gasteiger partial charge in [-0.15, -0.1) is 9.82 Å². The molecule has 2 aliphatic heterocycles. The minimum absolute atomic E-state index is 0.117. The molecule has 1 saturated heterocycles. The molecule has 3 rings (SSSR count). The molecule has 0 aromatic carbocycles. The monoisotopic (exact) mass is 341 g/mol. The van der Waals surface area contributed by atoms with E-state index in [0.717, 1.165) is 18.5 Å². The number of carbonyl (C=O) groups is 1. The van der Waals surface area contributed by atoms with E-state index in [-0.39, 0.29) is 16.2 Å². The van der Waals surface area contributed by atoms with Gasteiger partial charge in [-0.25, -0.2) is 9.48 Å². The van der Waals surface area contributed by atoms with Crippen molar-refractivity contribution < 1.29 is 14.5 Å². The van der Waals surface area contributed by atoms with Crippen LogP contribution in [0.5, 0.6) is 0 Å². The lowest BCUT2D eigenvalue weighted by Gasteiger charge is -2.42. The number of likely N-dealkylation sites (tertiary alicyclic amines) is 1. The highest BCUT2D eigenvalue weighted by Gasteiger charge is 2.52. The number of carboxylic acid groups (broad SMARTS) is 1. The summed E-state index contributed by atoms with van der Waals surface area (Å²) >= 11 is -1.21. The molecule has 23 heavy (non-hydrogen) atoms. The quantitative estimate of drug-likeness (QED) is 0.782. The highest BCUT2D eigenvalue weighted by molar-refractivity contribution is 7.90. The number of amides is 1. The van der Waals surface area contributed by atoms with Crippen LogP contribution in [0, 0.1) is 5.41 Å².